The van der Waals surface area contributed by atoms with Crippen LogP contribution in [0.2, 0.25) is 0 Å². The van der Waals surface area contributed by atoms with E-state index < -0.39 is 4.92 Å². The van der Waals surface area contributed by atoms with Crippen molar-refractivity contribution in [3.63, 3.8) is 0 Å². The molecule has 0 saturated carbocycles. The molecule has 0 aliphatic heterocycles. The molecule has 0 spiro atoms. The van der Waals surface area contributed by atoms with E-state index in [2.05, 4.69) is 34.7 Å². The second kappa shape index (κ2) is 9.99. The molecule has 172 valence electrons. The minimum atomic E-state index is -0.423. The number of aryl methyl sites for hydroxylation is 2. The minimum absolute atomic E-state index is 0.0493. The van der Waals surface area contributed by atoms with E-state index in [-0.39, 0.29) is 18.2 Å². The molecule has 0 atom stereocenters. The summed E-state index contributed by atoms with van der Waals surface area (Å²) in [5.41, 5.74) is 4.81. The zero-order chi connectivity index (χ0) is 24.1. The first-order valence-electron chi connectivity index (χ1n) is 10.7. The van der Waals surface area contributed by atoms with Gasteiger partial charge in [-0.2, -0.15) is 5.10 Å². The minimum Gasteiger partial charge on any atom is -0.489 e. The number of rotatable bonds is 8. The van der Waals surface area contributed by atoms with Crippen LogP contribution in [0.25, 0.3) is 0 Å². The summed E-state index contributed by atoms with van der Waals surface area (Å²) in [7, 11) is 0. The van der Waals surface area contributed by atoms with Gasteiger partial charge >= 0.3 is 0 Å². The van der Waals surface area contributed by atoms with Crippen LogP contribution < -0.4 is 10.1 Å². The Balaban J connectivity index is 1.36. The first kappa shape index (κ1) is 22.7. The monoisotopic (exact) mass is 456 g/mol. The second-order valence-electron chi connectivity index (χ2n) is 8.06. The van der Waals surface area contributed by atoms with Crippen LogP contribution in [0.5, 0.6) is 5.75 Å². The van der Waals surface area contributed by atoms with E-state index >= 15 is 0 Å². The van der Waals surface area contributed by atoms with E-state index in [1.807, 2.05) is 13.0 Å². The molecule has 8 heteroatoms. The summed E-state index contributed by atoms with van der Waals surface area (Å²) >= 11 is 0. The smallest absolute Gasteiger partial charge is 0.272 e. The lowest BCUT2D eigenvalue weighted by molar-refractivity contribution is -0.385. The molecule has 8 nitrogen and oxygen atoms in total. The van der Waals surface area contributed by atoms with Crippen LogP contribution in [0.3, 0.4) is 0 Å². The average Bonchev–Trinajstić information content (AvgIpc) is 3.25. The molecular formula is C26H24N4O4. The van der Waals surface area contributed by atoms with Crippen molar-refractivity contribution in [2.24, 2.45) is 0 Å². The van der Waals surface area contributed by atoms with Gasteiger partial charge in [0.25, 0.3) is 11.6 Å². The van der Waals surface area contributed by atoms with Gasteiger partial charge in [-0.1, -0.05) is 42.0 Å². The Morgan fingerprint density at radius 2 is 1.85 bits per heavy atom. The SMILES string of the molecule is Cc1ccc(Cn2cc(NC(=O)c3cccc(COc4ccc([N+](=O)[O-])c(C)c4)c3)cn2)cc1. The quantitative estimate of drug-likeness (QED) is 0.287. The summed E-state index contributed by atoms with van der Waals surface area (Å²) in [5, 5.41) is 18.2. The average molecular weight is 457 g/mol. The zero-order valence-corrected chi connectivity index (χ0v) is 18.9. The van der Waals surface area contributed by atoms with Gasteiger partial charge in [-0.15, -0.1) is 0 Å². The molecule has 1 N–H and O–H groups in total. The number of anilines is 1. The highest BCUT2D eigenvalue weighted by atomic mass is 16.6. The third-order valence-corrected chi connectivity index (χ3v) is 5.32. The molecule has 3 aromatic carbocycles. The van der Waals surface area contributed by atoms with E-state index in [9.17, 15) is 14.9 Å². The van der Waals surface area contributed by atoms with Crippen molar-refractivity contribution in [3.8, 4) is 5.75 Å². The normalized spacial score (nSPS) is 10.6. The summed E-state index contributed by atoms with van der Waals surface area (Å²) < 4.78 is 7.53. The van der Waals surface area contributed by atoms with E-state index in [1.54, 1.807) is 54.3 Å². The molecule has 4 rings (SSSR count). The standard InChI is InChI=1S/C26H24N4O4/c1-18-6-8-20(9-7-18)15-29-16-23(14-27-29)28-26(31)22-5-3-4-21(13-22)17-34-24-10-11-25(30(32)33)19(2)12-24/h3-14,16H,15,17H2,1-2H3,(H,28,31). The predicted molar refractivity (Wildman–Crippen MR) is 129 cm³/mol. The Hall–Kier alpha value is -4.46. The molecule has 0 bridgehead atoms. The number of nitrogens with one attached hydrogen (secondary N) is 1. The third-order valence-electron chi connectivity index (χ3n) is 5.32. The summed E-state index contributed by atoms with van der Waals surface area (Å²) in [4.78, 5) is 23.3. The molecule has 1 heterocycles. The lowest BCUT2D eigenvalue weighted by Gasteiger charge is -2.09. The molecule has 0 unspecified atom stereocenters. The fraction of sp³-hybridized carbons (Fsp3) is 0.154. The Bertz CT molecular complexity index is 1330. The summed E-state index contributed by atoms with van der Waals surface area (Å²) in [6, 6.07) is 20.0. The van der Waals surface area contributed by atoms with E-state index in [0.29, 0.717) is 29.1 Å². The Morgan fingerprint density at radius 3 is 2.59 bits per heavy atom. The summed E-state index contributed by atoms with van der Waals surface area (Å²) in [6.45, 7) is 4.56. The van der Waals surface area contributed by atoms with Gasteiger partial charge in [-0.3, -0.25) is 19.6 Å². The number of aromatic nitrogens is 2. The van der Waals surface area contributed by atoms with Crippen LogP contribution in [0.4, 0.5) is 11.4 Å². The van der Waals surface area contributed by atoms with Gasteiger partial charge in [0.1, 0.15) is 12.4 Å². The van der Waals surface area contributed by atoms with Crippen LogP contribution in [0, 0.1) is 24.0 Å². The van der Waals surface area contributed by atoms with Crippen molar-refractivity contribution in [3.05, 3.63) is 117 Å². The number of hydrogen-bond donors (Lipinski definition) is 1. The maximum Gasteiger partial charge on any atom is 0.272 e. The number of ether oxygens (including phenoxy) is 1. The lowest BCUT2D eigenvalue weighted by Crippen LogP contribution is -2.12. The molecule has 0 fully saturated rings. The molecule has 0 radical (unpaired) electrons. The summed E-state index contributed by atoms with van der Waals surface area (Å²) in [6.07, 6.45) is 3.41. The van der Waals surface area contributed by atoms with Crippen molar-refractivity contribution >= 4 is 17.3 Å². The molecule has 4 aromatic rings. The highest BCUT2D eigenvalue weighted by Crippen LogP contribution is 2.24. The fourth-order valence-corrected chi connectivity index (χ4v) is 3.49. The zero-order valence-electron chi connectivity index (χ0n) is 18.9. The van der Waals surface area contributed by atoms with Gasteiger partial charge in [0, 0.05) is 23.4 Å². The van der Waals surface area contributed by atoms with Crippen molar-refractivity contribution < 1.29 is 14.5 Å². The second-order valence-corrected chi connectivity index (χ2v) is 8.06. The molecule has 1 aromatic heterocycles. The van der Waals surface area contributed by atoms with Gasteiger partial charge < -0.3 is 10.1 Å². The van der Waals surface area contributed by atoms with Gasteiger partial charge in [0.15, 0.2) is 0 Å². The van der Waals surface area contributed by atoms with Gasteiger partial charge in [-0.05, 0) is 49.2 Å². The Kier molecular flexibility index (Phi) is 6.68. The highest BCUT2D eigenvalue weighted by molar-refractivity contribution is 6.04. The molecule has 0 aliphatic carbocycles. The number of nitro groups is 1. The van der Waals surface area contributed by atoms with Crippen LogP contribution in [0.15, 0.2) is 79.1 Å². The molecule has 34 heavy (non-hydrogen) atoms. The first-order chi connectivity index (χ1) is 16.4. The Morgan fingerprint density at radius 1 is 1.06 bits per heavy atom. The number of carbonyl (C=O) groups is 1. The topological polar surface area (TPSA) is 99.3 Å². The van der Waals surface area contributed by atoms with Crippen molar-refractivity contribution in [2.75, 3.05) is 5.32 Å². The number of nitrogens with zero attached hydrogens (tertiary/aromatic N) is 3. The van der Waals surface area contributed by atoms with Gasteiger partial charge in [-0.25, -0.2) is 0 Å². The highest BCUT2D eigenvalue weighted by Gasteiger charge is 2.12. The molecule has 1 amide bonds. The van der Waals surface area contributed by atoms with E-state index in [1.165, 1.54) is 11.6 Å². The van der Waals surface area contributed by atoms with Gasteiger partial charge in [0.2, 0.25) is 0 Å². The molecule has 0 saturated heterocycles. The van der Waals surface area contributed by atoms with Crippen molar-refractivity contribution in [1.82, 2.24) is 9.78 Å². The van der Waals surface area contributed by atoms with Crippen LogP contribution in [-0.4, -0.2) is 20.6 Å². The largest absolute Gasteiger partial charge is 0.489 e. The summed E-state index contributed by atoms with van der Waals surface area (Å²) in [5.74, 6) is 0.280. The maximum absolute atomic E-state index is 12.7. The fourth-order valence-electron chi connectivity index (χ4n) is 3.49. The number of amides is 1. The third kappa shape index (κ3) is 5.66. The van der Waals surface area contributed by atoms with Crippen LogP contribution in [-0.2, 0) is 13.2 Å². The van der Waals surface area contributed by atoms with Crippen molar-refractivity contribution in [1.29, 1.82) is 0 Å². The molecular weight excluding hydrogens is 432 g/mol. The van der Waals surface area contributed by atoms with E-state index in [0.717, 1.165) is 11.1 Å². The van der Waals surface area contributed by atoms with Crippen molar-refractivity contribution in [2.45, 2.75) is 27.0 Å². The van der Waals surface area contributed by atoms with Gasteiger partial charge in [0.05, 0.1) is 23.4 Å². The number of nitro benzene ring substituents is 1. The first-order valence-corrected chi connectivity index (χ1v) is 10.7. The lowest BCUT2D eigenvalue weighted by atomic mass is 10.1. The van der Waals surface area contributed by atoms with Crippen LogP contribution in [0.1, 0.15) is 32.6 Å². The maximum atomic E-state index is 12.7. The predicted octanol–water partition coefficient (Wildman–Crippen LogP) is 5.29. The number of carbonyl (C=O) groups excluding carboxylic acids is 1. The molecule has 0 aliphatic rings. The Labute approximate surface area is 197 Å². The number of benzene rings is 3. The number of hydrogen-bond acceptors (Lipinski definition) is 5. The van der Waals surface area contributed by atoms with E-state index in [4.69, 9.17) is 4.74 Å². The van der Waals surface area contributed by atoms with Crippen LogP contribution >= 0.6 is 0 Å².